The van der Waals surface area contributed by atoms with E-state index in [0.29, 0.717) is 30.1 Å². The first-order valence-electron chi connectivity index (χ1n) is 7.90. The van der Waals surface area contributed by atoms with Crippen molar-refractivity contribution >= 4 is 29.0 Å². The third-order valence-electron chi connectivity index (χ3n) is 4.23. The van der Waals surface area contributed by atoms with Crippen molar-refractivity contribution in [2.75, 3.05) is 13.1 Å². The summed E-state index contributed by atoms with van der Waals surface area (Å²) in [6.07, 6.45) is 0.458. The molecule has 0 fully saturated rings. The van der Waals surface area contributed by atoms with Gasteiger partial charge in [0.2, 0.25) is 5.91 Å². The minimum Gasteiger partial charge on any atom is -0.343 e. The van der Waals surface area contributed by atoms with E-state index in [1.807, 2.05) is 39.8 Å². The number of amides is 2. The first-order valence-corrected chi connectivity index (χ1v) is 8.27. The maximum Gasteiger partial charge on any atom is 0.252 e. The Morgan fingerprint density at radius 2 is 1.83 bits per heavy atom. The molecule has 0 atom stereocenters. The monoisotopic (exact) mass is 334 g/mol. The van der Waals surface area contributed by atoms with Gasteiger partial charge in [-0.25, -0.2) is 0 Å². The molecule has 5 heteroatoms. The second kappa shape index (κ2) is 6.75. The minimum absolute atomic E-state index is 0.0885. The predicted octanol–water partition coefficient (Wildman–Crippen LogP) is 3.26. The number of halogens is 1. The molecule has 4 nitrogen and oxygen atoms in total. The minimum atomic E-state index is -0.479. The lowest BCUT2D eigenvalue weighted by atomic mass is 9.90. The van der Waals surface area contributed by atoms with Crippen molar-refractivity contribution in [3.63, 3.8) is 0 Å². The summed E-state index contributed by atoms with van der Waals surface area (Å²) in [5, 5.41) is 3.64. The number of hydrogen-bond acceptors (Lipinski definition) is 2. The highest BCUT2D eigenvalue weighted by molar-refractivity contribution is 6.31. The van der Waals surface area contributed by atoms with E-state index in [1.165, 1.54) is 0 Å². The lowest BCUT2D eigenvalue weighted by Crippen LogP contribution is -2.42. The number of nitrogens with one attached hydrogen (secondary N) is 1. The molecular weight excluding hydrogens is 312 g/mol. The average Bonchev–Trinajstić information content (AvgIpc) is 2.73. The highest BCUT2D eigenvalue weighted by Crippen LogP contribution is 2.34. The first kappa shape index (κ1) is 17.5. The Morgan fingerprint density at radius 1 is 1.22 bits per heavy atom. The second-order valence-corrected chi connectivity index (χ2v) is 6.64. The molecule has 0 radical (unpaired) electrons. The van der Waals surface area contributed by atoms with Gasteiger partial charge in [0.25, 0.3) is 5.91 Å². The van der Waals surface area contributed by atoms with Crippen LogP contribution >= 0.6 is 11.6 Å². The quantitative estimate of drug-likeness (QED) is 0.898. The summed E-state index contributed by atoms with van der Waals surface area (Å²) in [5.41, 5.74) is 1.93. The SMILES string of the molecule is CCC(=O)N(CC)CC1=C(c2ccc(Cl)cc2)C(=O)NC1(C)C. The van der Waals surface area contributed by atoms with Crippen LogP contribution < -0.4 is 5.32 Å². The van der Waals surface area contributed by atoms with E-state index in [-0.39, 0.29) is 11.8 Å². The summed E-state index contributed by atoms with van der Waals surface area (Å²) < 4.78 is 0. The number of benzene rings is 1. The third-order valence-corrected chi connectivity index (χ3v) is 4.48. The van der Waals surface area contributed by atoms with Crippen LogP contribution in [0, 0.1) is 0 Å². The van der Waals surface area contributed by atoms with Gasteiger partial charge in [-0.2, -0.15) is 0 Å². The largest absolute Gasteiger partial charge is 0.343 e. The molecule has 1 aromatic carbocycles. The van der Waals surface area contributed by atoms with Crippen molar-refractivity contribution in [2.24, 2.45) is 0 Å². The van der Waals surface area contributed by atoms with E-state index in [0.717, 1.165) is 11.1 Å². The summed E-state index contributed by atoms with van der Waals surface area (Å²) >= 11 is 5.94. The van der Waals surface area contributed by atoms with Crippen LogP contribution in [-0.2, 0) is 9.59 Å². The number of carbonyl (C=O) groups is 2. The molecule has 1 aromatic rings. The van der Waals surface area contributed by atoms with E-state index in [4.69, 9.17) is 11.6 Å². The maximum atomic E-state index is 12.5. The molecule has 0 saturated heterocycles. The molecule has 124 valence electrons. The van der Waals surface area contributed by atoms with Crippen LogP contribution in [0.1, 0.15) is 39.7 Å². The van der Waals surface area contributed by atoms with Gasteiger partial charge in [-0.3, -0.25) is 9.59 Å². The third kappa shape index (κ3) is 3.58. The van der Waals surface area contributed by atoms with E-state index in [9.17, 15) is 9.59 Å². The Labute approximate surface area is 142 Å². The van der Waals surface area contributed by atoms with Crippen LogP contribution in [0.2, 0.25) is 5.02 Å². The molecule has 0 saturated carbocycles. The Kier molecular flexibility index (Phi) is 5.15. The van der Waals surface area contributed by atoms with E-state index in [1.54, 1.807) is 17.0 Å². The number of carbonyl (C=O) groups excluding carboxylic acids is 2. The molecular formula is C18H23ClN2O2. The number of rotatable bonds is 5. The van der Waals surface area contributed by atoms with Gasteiger partial charge in [-0.1, -0.05) is 30.7 Å². The molecule has 1 N–H and O–H groups in total. The van der Waals surface area contributed by atoms with Crippen LogP contribution in [-0.4, -0.2) is 35.3 Å². The van der Waals surface area contributed by atoms with Gasteiger partial charge in [0, 0.05) is 30.1 Å². The number of hydrogen-bond donors (Lipinski definition) is 1. The maximum absolute atomic E-state index is 12.5. The van der Waals surface area contributed by atoms with Crippen molar-refractivity contribution in [2.45, 2.75) is 39.7 Å². The van der Waals surface area contributed by atoms with Gasteiger partial charge in [-0.15, -0.1) is 0 Å². The van der Waals surface area contributed by atoms with Crippen LogP contribution in [0.3, 0.4) is 0 Å². The topological polar surface area (TPSA) is 49.4 Å². The predicted molar refractivity (Wildman–Crippen MR) is 93.1 cm³/mol. The van der Waals surface area contributed by atoms with Gasteiger partial charge >= 0.3 is 0 Å². The number of nitrogens with zero attached hydrogens (tertiary/aromatic N) is 1. The molecule has 0 spiro atoms. The normalized spacial score (nSPS) is 16.5. The fraction of sp³-hybridized carbons (Fsp3) is 0.444. The molecule has 0 aromatic heterocycles. The summed E-state index contributed by atoms with van der Waals surface area (Å²) in [6, 6.07) is 7.23. The summed E-state index contributed by atoms with van der Waals surface area (Å²) in [7, 11) is 0. The smallest absolute Gasteiger partial charge is 0.252 e. The van der Waals surface area contributed by atoms with Crippen molar-refractivity contribution < 1.29 is 9.59 Å². The lowest BCUT2D eigenvalue weighted by molar-refractivity contribution is -0.130. The zero-order valence-electron chi connectivity index (χ0n) is 14.1. The van der Waals surface area contributed by atoms with Gasteiger partial charge in [0.1, 0.15) is 0 Å². The van der Waals surface area contributed by atoms with Crippen LogP contribution in [0.15, 0.2) is 29.8 Å². The van der Waals surface area contributed by atoms with Crippen molar-refractivity contribution in [1.82, 2.24) is 10.2 Å². The van der Waals surface area contributed by atoms with Gasteiger partial charge in [-0.05, 0) is 44.0 Å². The van der Waals surface area contributed by atoms with E-state index in [2.05, 4.69) is 5.32 Å². The molecule has 0 unspecified atom stereocenters. The molecule has 1 aliphatic heterocycles. The summed E-state index contributed by atoms with van der Waals surface area (Å²) in [4.78, 5) is 26.4. The molecule has 0 aliphatic carbocycles. The highest BCUT2D eigenvalue weighted by atomic mass is 35.5. The molecule has 1 aliphatic rings. The van der Waals surface area contributed by atoms with Crippen molar-refractivity contribution in [1.29, 1.82) is 0 Å². The molecule has 0 bridgehead atoms. The molecule has 2 rings (SSSR count). The highest BCUT2D eigenvalue weighted by Gasteiger charge is 2.39. The van der Waals surface area contributed by atoms with Crippen LogP contribution in [0.5, 0.6) is 0 Å². The van der Waals surface area contributed by atoms with Gasteiger partial charge in [0.05, 0.1) is 5.54 Å². The standard InChI is InChI=1S/C18H23ClN2O2/c1-5-15(22)21(6-2)11-14-16(17(23)20-18(14,3)4)12-7-9-13(19)10-8-12/h7-10H,5-6,11H2,1-4H3,(H,20,23). The fourth-order valence-electron chi connectivity index (χ4n) is 2.86. The summed E-state index contributed by atoms with van der Waals surface area (Å²) in [5.74, 6) is -0.0158. The van der Waals surface area contributed by atoms with E-state index < -0.39 is 5.54 Å². The van der Waals surface area contributed by atoms with Crippen molar-refractivity contribution in [3.8, 4) is 0 Å². The Balaban J connectivity index is 2.48. The van der Waals surface area contributed by atoms with Crippen molar-refractivity contribution in [3.05, 3.63) is 40.4 Å². The Bertz CT molecular complexity index is 647. The molecule has 1 heterocycles. The summed E-state index contributed by atoms with van der Waals surface area (Å²) in [6.45, 7) is 8.80. The van der Waals surface area contributed by atoms with E-state index >= 15 is 0 Å². The van der Waals surface area contributed by atoms with Gasteiger partial charge in [0.15, 0.2) is 0 Å². The molecule has 2 amide bonds. The number of likely N-dealkylation sites (N-methyl/N-ethyl adjacent to an activating group) is 1. The van der Waals surface area contributed by atoms with Crippen LogP contribution in [0.25, 0.3) is 5.57 Å². The lowest BCUT2D eigenvalue weighted by Gasteiger charge is -2.28. The second-order valence-electron chi connectivity index (χ2n) is 6.20. The fourth-order valence-corrected chi connectivity index (χ4v) is 2.99. The average molecular weight is 335 g/mol. The molecule has 23 heavy (non-hydrogen) atoms. The van der Waals surface area contributed by atoms with Gasteiger partial charge < -0.3 is 10.2 Å². The Hall–Kier alpha value is -1.81. The van der Waals surface area contributed by atoms with Crippen LogP contribution in [0.4, 0.5) is 0 Å². The zero-order valence-corrected chi connectivity index (χ0v) is 14.8. The first-order chi connectivity index (χ1) is 10.8. The zero-order chi connectivity index (χ0) is 17.2. The Morgan fingerprint density at radius 3 is 2.35 bits per heavy atom.